The fourth-order valence-corrected chi connectivity index (χ4v) is 1.13. The number of rotatable bonds is 0. The van der Waals surface area contributed by atoms with E-state index >= 15 is 0 Å². The third-order valence-corrected chi connectivity index (χ3v) is 1.60. The van der Waals surface area contributed by atoms with E-state index in [0.717, 1.165) is 23.5 Å². The summed E-state index contributed by atoms with van der Waals surface area (Å²) in [6, 6.07) is 0. The van der Waals surface area contributed by atoms with Crippen molar-refractivity contribution in [3.05, 3.63) is 23.7 Å². The largest absolute Gasteiger partial charge is 0.369 e. The molecule has 0 unspecified atom stereocenters. The molecule has 2 heterocycles. The van der Waals surface area contributed by atoms with Gasteiger partial charge in [-0.05, 0) is 0 Å². The summed E-state index contributed by atoms with van der Waals surface area (Å²) >= 11 is 0. The summed E-state index contributed by atoms with van der Waals surface area (Å²) < 4.78 is 0. The van der Waals surface area contributed by atoms with Gasteiger partial charge in [-0.2, -0.15) is 0 Å². The van der Waals surface area contributed by atoms with Crippen LogP contribution in [0.1, 0.15) is 6.42 Å². The molecule has 0 aromatic carbocycles. The van der Waals surface area contributed by atoms with E-state index in [2.05, 4.69) is 21.9 Å². The standard InChI is InChI=1S/C7H8N4/c1-4-6-5(2-3-9-6)11-7(8)10-4/h3H,1-2H2,(H3,8,10,11). The molecule has 0 atom stereocenters. The number of hydrogen-bond acceptors (Lipinski definition) is 4. The van der Waals surface area contributed by atoms with Crippen LogP contribution in [-0.4, -0.2) is 12.2 Å². The molecule has 0 saturated heterocycles. The minimum atomic E-state index is 0.402. The summed E-state index contributed by atoms with van der Waals surface area (Å²) in [5, 5.41) is 2.81. The topological polar surface area (TPSA) is 62.8 Å². The molecule has 0 aromatic rings. The van der Waals surface area contributed by atoms with Crippen LogP contribution in [0.5, 0.6) is 0 Å². The first-order chi connectivity index (χ1) is 5.27. The summed E-state index contributed by atoms with van der Waals surface area (Å²) in [4.78, 5) is 8.17. The maximum Gasteiger partial charge on any atom is 0.198 e. The maximum atomic E-state index is 5.47. The molecule has 2 rings (SSSR count). The highest BCUT2D eigenvalue weighted by Gasteiger charge is 2.18. The molecule has 3 N–H and O–H groups in total. The zero-order valence-corrected chi connectivity index (χ0v) is 5.96. The average Bonchev–Trinajstić information content (AvgIpc) is 2.34. The Morgan fingerprint density at radius 3 is 3.27 bits per heavy atom. The van der Waals surface area contributed by atoms with Crippen LogP contribution < -0.4 is 11.1 Å². The number of guanidine groups is 1. The van der Waals surface area contributed by atoms with Crippen molar-refractivity contribution in [2.75, 3.05) is 0 Å². The van der Waals surface area contributed by atoms with Gasteiger partial charge in [0.05, 0.1) is 11.4 Å². The van der Waals surface area contributed by atoms with Crippen LogP contribution in [-0.2, 0) is 0 Å². The molecular weight excluding hydrogens is 140 g/mol. The Bertz CT molecular complexity index is 308. The predicted octanol–water partition coefficient (Wildman–Crippen LogP) is 0.104. The monoisotopic (exact) mass is 148 g/mol. The maximum absolute atomic E-state index is 5.47. The average molecular weight is 148 g/mol. The SMILES string of the molecule is C=C1NC(N)=NC2=C1N=CC2. The van der Waals surface area contributed by atoms with Crippen LogP contribution in [0.4, 0.5) is 0 Å². The zero-order chi connectivity index (χ0) is 7.84. The van der Waals surface area contributed by atoms with Gasteiger partial charge in [0.25, 0.3) is 0 Å². The molecule has 0 fully saturated rings. The molecule has 11 heavy (non-hydrogen) atoms. The molecule has 56 valence electrons. The lowest BCUT2D eigenvalue weighted by Crippen LogP contribution is -2.33. The van der Waals surface area contributed by atoms with Crippen molar-refractivity contribution in [1.29, 1.82) is 0 Å². The lowest BCUT2D eigenvalue weighted by molar-refractivity contribution is 1.01. The molecule has 0 bridgehead atoms. The minimum absolute atomic E-state index is 0.402. The van der Waals surface area contributed by atoms with Gasteiger partial charge in [0.2, 0.25) is 0 Å². The van der Waals surface area contributed by atoms with E-state index in [1.54, 1.807) is 6.21 Å². The Hall–Kier alpha value is -1.58. The van der Waals surface area contributed by atoms with Gasteiger partial charge < -0.3 is 11.1 Å². The predicted molar refractivity (Wildman–Crippen MR) is 44.0 cm³/mol. The number of allylic oxidation sites excluding steroid dienone is 1. The fraction of sp³-hybridized carbons (Fsp3) is 0.143. The van der Waals surface area contributed by atoms with Crippen molar-refractivity contribution in [3.8, 4) is 0 Å². The Kier molecular flexibility index (Phi) is 1.09. The second-order valence-corrected chi connectivity index (χ2v) is 2.41. The summed E-state index contributed by atoms with van der Waals surface area (Å²) in [7, 11) is 0. The van der Waals surface area contributed by atoms with Crippen molar-refractivity contribution < 1.29 is 0 Å². The van der Waals surface area contributed by atoms with Crippen LogP contribution in [0.15, 0.2) is 33.7 Å². The van der Waals surface area contributed by atoms with E-state index < -0.39 is 0 Å². The molecule has 0 spiro atoms. The van der Waals surface area contributed by atoms with Gasteiger partial charge in [0, 0.05) is 12.6 Å². The molecule has 2 aliphatic heterocycles. The molecule has 2 aliphatic rings. The minimum Gasteiger partial charge on any atom is -0.369 e. The molecule has 0 aliphatic carbocycles. The molecule has 4 heteroatoms. The van der Waals surface area contributed by atoms with Gasteiger partial charge >= 0.3 is 0 Å². The third-order valence-electron chi connectivity index (χ3n) is 1.60. The van der Waals surface area contributed by atoms with Crippen molar-refractivity contribution in [2.24, 2.45) is 15.7 Å². The Labute approximate surface area is 64.2 Å². The van der Waals surface area contributed by atoms with E-state index in [1.165, 1.54) is 0 Å². The van der Waals surface area contributed by atoms with Crippen molar-refractivity contribution in [2.45, 2.75) is 6.42 Å². The first kappa shape index (κ1) is 6.15. The summed E-state index contributed by atoms with van der Waals surface area (Å²) in [5.41, 5.74) is 7.95. The Morgan fingerprint density at radius 2 is 2.45 bits per heavy atom. The molecular formula is C7H8N4. The van der Waals surface area contributed by atoms with Gasteiger partial charge in [0.1, 0.15) is 5.70 Å². The molecule has 0 aromatic heterocycles. The van der Waals surface area contributed by atoms with Gasteiger partial charge in [-0.3, -0.25) is 4.99 Å². The van der Waals surface area contributed by atoms with Crippen LogP contribution in [0.3, 0.4) is 0 Å². The first-order valence-corrected chi connectivity index (χ1v) is 3.33. The smallest absolute Gasteiger partial charge is 0.198 e. The molecule has 0 radical (unpaired) electrons. The third kappa shape index (κ3) is 0.832. The lowest BCUT2D eigenvalue weighted by Gasteiger charge is -2.13. The van der Waals surface area contributed by atoms with Gasteiger partial charge in [-0.15, -0.1) is 0 Å². The quantitative estimate of drug-likeness (QED) is 0.512. The number of nitrogens with one attached hydrogen (secondary N) is 1. The zero-order valence-electron chi connectivity index (χ0n) is 5.96. The number of nitrogens with two attached hydrogens (primary N) is 1. The van der Waals surface area contributed by atoms with Crippen LogP contribution in [0.25, 0.3) is 0 Å². The number of nitrogens with zero attached hydrogens (tertiary/aromatic N) is 2. The Morgan fingerprint density at radius 1 is 1.64 bits per heavy atom. The second-order valence-electron chi connectivity index (χ2n) is 2.41. The first-order valence-electron chi connectivity index (χ1n) is 3.33. The van der Waals surface area contributed by atoms with Gasteiger partial charge in [-0.1, -0.05) is 6.58 Å². The van der Waals surface area contributed by atoms with E-state index in [1.807, 2.05) is 0 Å². The van der Waals surface area contributed by atoms with E-state index in [0.29, 0.717) is 5.96 Å². The summed E-state index contributed by atoms with van der Waals surface area (Å²) in [5.74, 6) is 0.402. The Balaban J connectivity index is 2.46. The van der Waals surface area contributed by atoms with Gasteiger partial charge in [0.15, 0.2) is 5.96 Å². The van der Waals surface area contributed by atoms with Crippen molar-refractivity contribution in [1.82, 2.24) is 5.32 Å². The molecule has 0 amide bonds. The highest BCUT2D eigenvalue weighted by atomic mass is 15.1. The second kappa shape index (κ2) is 1.95. The van der Waals surface area contributed by atoms with Crippen LogP contribution in [0.2, 0.25) is 0 Å². The van der Waals surface area contributed by atoms with Crippen molar-refractivity contribution in [3.63, 3.8) is 0 Å². The summed E-state index contributed by atoms with van der Waals surface area (Å²) in [6.45, 7) is 3.76. The van der Waals surface area contributed by atoms with E-state index in [4.69, 9.17) is 5.73 Å². The summed E-state index contributed by atoms with van der Waals surface area (Å²) in [6.07, 6.45) is 2.57. The van der Waals surface area contributed by atoms with Crippen molar-refractivity contribution >= 4 is 12.2 Å². The fourth-order valence-electron chi connectivity index (χ4n) is 1.13. The van der Waals surface area contributed by atoms with Crippen LogP contribution in [0, 0.1) is 0 Å². The van der Waals surface area contributed by atoms with Gasteiger partial charge in [-0.25, -0.2) is 4.99 Å². The van der Waals surface area contributed by atoms with E-state index in [-0.39, 0.29) is 0 Å². The molecule has 4 nitrogen and oxygen atoms in total. The highest BCUT2D eigenvalue weighted by molar-refractivity contribution is 5.85. The number of hydrogen-bond donors (Lipinski definition) is 2. The van der Waals surface area contributed by atoms with Crippen LogP contribution >= 0.6 is 0 Å². The highest BCUT2D eigenvalue weighted by Crippen LogP contribution is 2.23. The number of aliphatic imine (C=N–C) groups is 2. The van der Waals surface area contributed by atoms with E-state index in [9.17, 15) is 0 Å². The molecule has 0 saturated carbocycles. The normalized spacial score (nSPS) is 21.5. The lowest BCUT2D eigenvalue weighted by atomic mass is 10.2.